The Morgan fingerprint density at radius 1 is 0.526 bits per heavy atom. The zero-order valence-electron chi connectivity index (χ0n) is 42.9. The maximum atomic E-state index is 10.0. The number of furan rings is 2. The van der Waals surface area contributed by atoms with Crippen LogP contribution >= 0.6 is 22.7 Å². The largest absolute Gasteiger partial charge is 0.512 e. The Morgan fingerprint density at radius 2 is 0.961 bits per heavy atom. The molecule has 76 heavy (non-hydrogen) atoms. The topological polar surface area (TPSA) is 127 Å². The molecule has 0 spiro atoms. The summed E-state index contributed by atoms with van der Waals surface area (Å²) in [7, 11) is 0. The van der Waals surface area contributed by atoms with E-state index in [9.17, 15) is 9.59 Å². The Balaban J connectivity index is 0.000000174. The van der Waals surface area contributed by atoms with Gasteiger partial charge in [-0.15, -0.1) is 59.1 Å². The first-order chi connectivity index (χ1) is 35.6. The number of hydrogen-bond acceptors (Lipinski definition) is 10. The molecule has 0 aliphatic carbocycles. The Morgan fingerprint density at radius 3 is 1.39 bits per heavy atom. The molecular weight excluding hydrogens is 1340 g/mol. The smallest absolute Gasteiger partial charge is 0.155 e. The SMILES string of the molecule is CC(=O)C=C(C)O.CC(=O)C=C(C)O.Cc1cc(C)c(-c2cc3cnc(-c4[c-]ccc5c4oc4ccccc45)cc3s2)c(C)c1.Cc1ccc(-c2cc3cnc(-c4[c-]ccc5c4oc4ccccc45)cc3s2)cc1.[Ir].[Ir]. The van der Waals surface area contributed by atoms with Gasteiger partial charge in [-0.3, -0.25) is 9.59 Å². The first-order valence-corrected chi connectivity index (χ1v) is 25.6. The number of pyridine rings is 2. The van der Waals surface area contributed by atoms with Crippen LogP contribution in [0.1, 0.15) is 49.9 Å². The molecule has 0 atom stereocenters. The third-order valence-electron chi connectivity index (χ3n) is 12.1. The molecule has 0 aliphatic heterocycles. The number of carbonyl (C=O) groups is 2. The van der Waals surface area contributed by atoms with E-state index in [1.807, 2.05) is 72.3 Å². The maximum Gasteiger partial charge on any atom is 0.155 e. The molecule has 2 N–H and O–H groups in total. The van der Waals surface area contributed by atoms with Gasteiger partial charge in [-0.2, -0.15) is 0 Å². The number of benzene rings is 6. The predicted octanol–water partition coefficient (Wildman–Crippen LogP) is 18.0. The molecule has 0 saturated carbocycles. The van der Waals surface area contributed by atoms with Crippen LogP contribution in [0.3, 0.4) is 0 Å². The number of carbonyl (C=O) groups excluding carboxylic acids is 2. The minimum atomic E-state index is -0.125. The van der Waals surface area contributed by atoms with Crippen molar-refractivity contribution in [2.75, 3.05) is 0 Å². The second-order valence-electron chi connectivity index (χ2n) is 18.3. The van der Waals surface area contributed by atoms with Gasteiger partial charge in [-0.25, -0.2) is 0 Å². The Kier molecular flexibility index (Phi) is 18.4. The van der Waals surface area contributed by atoms with Gasteiger partial charge in [0.25, 0.3) is 0 Å². The zero-order chi connectivity index (χ0) is 52.2. The summed E-state index contributed by atoms with van der Waals surface area (Å²) in [4.78, 5) is 32.1. The van der Waals surface area contributed by atoms with E-state index in [2.05, 4.69) is 125 Å². The van der Waals surface area contributed by atoms with Crippen LogP contribution < -0.4 is 0 Å². The average molecular weight is 1390 g/mol. The van der Waals surface area contributed by atoms with Crippen molar-refractivity contribution in [3.8, 4) is 43.4 Å². The van der Waals surface area contributed by atoms with E-state index >= 15 is 0 Å². The normalized spacial score (nSPS) is 11.3. The molecule has 0 saturated heterocycles. The molecule has 0 amide bonds. The molecule has 0 unspecified atom stereocenters. The first-order valence-electron chi connectivity index (χ1n) is 23.9. The number of aryl methyl sites for hydroxylation is 4. The Bertz CT molecular complexity index is 4080. The van der Waals surface area contributed by atoms with Crippen LogP contribution in [0.4, 0.5) is 0 Å². The van der Waals surface area contributed by atoms with Gasteiger partial charge in [-0.05, 0) is 113 Å². The predicted molar refractivity (Wildman–Crippen MR) is 306 cm³/mol. The van der Waals surface area contributed by atoms with Crippen LogP contribution in [0.2, 0.25) is 0 Å². The average Bonchev–Trinajstić information content (AvgIpc) is 4.16. The summed E-state index contributed by atoms with van der Waals surface area (Å²) in [6, 6.07) is 53.0. The molecule has 2 radical (unpaired) electrons. The number of aliphatic hydroxyl groups excluding tert-OH is 2. The molecule has 6 aromatic heterocycles. The van der Waals surface area contributed by atoms with Gasteiger partial charge in [0.15, 0.2) is 11.6 Å². The quantitative estimate of drug-likeness (QED) is 0.0958. The number of para-hydroxylation sites is 2. The Labute approximate surface area is 476 Å². The number of aliphatic hydroxyl groups is 2. The first kappa shape index (κ1) is 56.6. The van der Waals surface area contributed by atoms with Gasteiger partial charge in [0, 0.05) is 105 Å². The molecule has 0 aliphatic rings. The molecule has 12 rings (SSSR count). The number of aromatic nitrogens is 2. The van der Waals surface area contributed by atoms with Gasteiger partial charge < -0.3 is 29.0 Å². The summed E-state index contributed by atoms with van der Waals surface area (Å²) in [5, 5.41) is 23.5. The van der Waals surface area contributed by atoms with Crippen molar-refractivity contribution in [3.63, 3.8) is 0 Å². The van der Waals surface area contributed by atoms with Gasteiger partial charge in [0.1, 0.15) is 11.2 Å². The fourth-order valence-electron chi connectivity index (χ4n) is 9.04. The van der Waals surface area contributed by atoms with Gasteiger partial charge >= 0.3 is 0 Å². The summed E-state index contributed by atoms with van der Waals surface area (Å²) >= 11 is 3.61. The number of nitrogens with zero attached hydrogens (tertiary/aromatic N) is 2. The number of hydrogen-bond donors (Lipinski definition) is 2. The molecule has 8 nitrogen and oxygen atoms in total. The van der Waals surface area contributed by atoms with Crippen LogP contribution in [-0.4, -0.2) is 31.7 Å². The molecule has 12 aromatic rings. The van der Waals surface area contributed by atoms with Gasteiger partial charge in [0.2, 0.25) is 0 Å². The van der Waals surface area contributed by atoms with Crippen molar-refractivity contribution in [2.24, 2.45) is 0 Å². The zero-order valence-corrected chi connectivity index (χ0v) is 49.3. The number of thiophene rings is 2. The van der Waals surface area contributed by atoms with Crippen molar-refractivity contribution in [2.45, 2.75) is 55.4 Å². The van der Waals surface area contributed by atoms with Crippen LogP contribution in [0, 0.1) is 39.8 Å². The second-order valence-corrected chi connectivity index (χ2v) is 20.4. The van der Waals surface area contributed by atoms with Crippen molar-refractivity contribution in [1.82, 2.24) is 9.97 Å². The molecule has 6 aromatic carbocycles. The third kappa shape index (κ3) is 12.7. The van der Waals surface area contributed by atoms with E-state index in [0.29, 0.717) is 0 Å². The summed E-state index contributed by atoms with van der Waals surface area (Å²) in [6.45, 7) is 14.4. The van der Waals surface area contributed by atoms with E-state index < -0.39 is 0 Å². The van der Waals surface area contributed by atoms with Crippen molar-refractivity contribution < 1.29 is 68.8 Å². The second kappa shape index (κ2) is 24.7. The van der Waals surface area contributed by atoms with E-state index in [1.54, 1.807) is 11.3 Å². The fourth-order valence-corrected chi connectivity index (χ4v) is 11.4. The summed E-state index contributed by atoms with van der Waals surface area (Å²) in [5.41, 5.74) is 14.9. The van der Waals surface area contributed by atoms with E-state index in [4.69, 9.17) is 29.0 Å². The summed E-state index contributed by atoms with van der Waals surface area (Å²) in [5.74, 6) is -0.125. The number of rotatable bonds is 6. The molecule has 386 valence electrons. The number of allylic oxidation sites excluding steroid dienone is 4. The number of ketones is 2. The van der Waals surface area contributed by atoms with Crippen LogP contribution in [0.15, 0.2) is 178 Å². The number of fused-ring (bicyclic) bond motifs is 8. The van der Waals surface area contributed by atoms with Crippen molar-refractivity contribution in [3.05, 3.63) is 204 Å². The molecular formula is C64H52Ir2N2O6S2-2. The van der Waals surface area contributed by atoms with Crippen LogP contribution in [0.25, 0.3) is 107 Å². The standard InChI is InChI=1S/C28H20NOS.C26H16NOS.2C5H8O2.2Ir/c1-16-11-17(2)27(18(3)12-16)26-13-19-15-29-23(14-25(19)31-26)22-9-6-8-21-20-7-4-5-10-24(20)30-28(21)22;1-16-9-11-17(12-10-16)24-13-18-15-27-22(14-25(18)29-24)21-7-4-6-20-19-5-2-3-8-23(19)28-26(20)21;2*1-4(6)3-5(2)7;;/h4-8,10-15H,1-3H3;2-6,8-15H,1H3;2*3,6H,1-2H3;;/q2*-1;;;;. The van der Waals surface area contributed by atoms with E-state index in [0.717, 1.165) is 71.8 Å². The molecule has 0 bridgehead atoms. The monoisotopic (exact) mass is 1390 g/mol. The molecule has 0 fully saturated rings. The van der Waals surface area contributed by atoms with Gasteiger partial charge in [0.05, 0.1) is 22.7 Å². The summed E-state index contributed by atoms with van der Waals surface area (Å²) in [6.07, 6.45) is 6.26. The van der Waals surface area contributed by atoms with E-state index in [-0.39, 0.29) is 63.3 Å². The minimum Gasteiger partial charge on any atom is -0.512 e. The minimum absolute atomic E-state index is 0. The molecule has 6 heterocycles. The van der Waals surface area contributed by atoms with Crippen LogP contribution in [0.5, 0.6) is 0 Å². The van der Waals surface area contributed by atoms with Crippen molar-refractivity contribution >= 4 is 98.3 Å². The van der Waals surface area contributed by atoms with Crippen LogP contribution in [-0.2, 0) is 49.8 Å². The Hall–Kier alpha value is -7.14. The maximum absolute atomic E-state index is 10.0. The fraction of sp³-hybridized carbons (Fsp3) is 0.125. The van der Waals surface area contributed by atoms with Crippen molar-refractivity contribution in [1.29, 1.82) is 0 Å². The van der Waals surface area contributed by atoms with E-state index in [1.165, 1.54) is 97.8 Å². The third-order valence-corrected chi connectivity index (χ3v) is 14.3. The van der Waals surface area contributed by atoms with Gasteiger partial charge in [-0.1, -0.05) is 118 Å². The summed E-state index contributed by atoms with van der Waals surface area (Å²) < 4.78 is 14.8. The molecule has 12 heteroatoms.